The van der Waals surface area contributed by atoms with Crippen LogP contribution in [0.5, 0.6) is 0 Å². The van der Waals surface area contributed by atoms with Crippen molar-refractivity contribution in [3.63, 3.8) is 0 Å². The molecule has 0 aliphatic heterocycles. The fraction of sp³-hybridized carbons (Fsp3) is 0.100. The number of carbonyl (C=O) groups is 1. The fourth-order valence-corrected chi connectivity index (χ4v) is 2.47. The Morgan fingerprint density at radius 3 is 2.56 bits per heavy atom. The van der Waals surface area contributed by atoms with Gasteiger partial charge in [0.25, 0.3) is 0 Å². The van der Waals surface area contributed by atoms with Gasteiger partial charge >= 0.3 is 5.97 Å². The Labute approximate surface area is 98.4 Å². The Bertz CT molecular complexity index is 519. The van der Waals surface area contributed by atoms with Crippen molar-refractivity contribution in [2.45, 2.75) is 4.90 Å². The molecule has 6 heteroatoms. The molecule has 0 fully saturated rings. The van der Waals surface area contributed by atoms with Crippen LogP contribution in [0.15, 0.2) is 40.6 Å². The Balaban J connectivity index is 3.09. The van der Waals surface area contributed by atoms with E-state index in [9.17, 15) is 13.2 Å². The van der Waals surface area contributed by atoms with Crippen LogP contribution in [0.25, 0.3) is 0 Å². The number of esters is 1. The van der Waals surface area contributed by atoms with Crippen molar-refractivity contribution >= 4 is 27.4 Å². The molecule has 0 heterocycles. The van der Waals surface area contributed by atoms with E-state index >= 15 is 0 Å². The van der Waals surface area contributed by atoms with Crippen molar-refractivity contribution in [2.24, 2.45) is 0 Å². The first kappa shape index (κ1) is 12.7. The van der Waals surface area contributed by atoms with Gasteiger partial charge in [-0.1, -0.05) is 23.7 Å². The third kappa shape index (κ3) is 3.08. The van der Waals surface area contributed by atoms with Crippen LogP contribution in [0.4, 0.5) is 0 Å². The van der Waals surface area contributed by atoms with Crippen molar-refractivity contribution in [3.8, 4) is 0 Å². The van der Waals surface area contributed by atoms with Gasteiger partial charge in [-0.25, -0.2) is 13.2 Å². The minimum atomic E-state index is -3.71. The fourth-order valence-electron chi connectivity index (χ4n) is 0.962. The van der Waals surface area contributed by atoms with Gasteiger partial charge in [-0.15, -0.1) is 0 Å². The molecule has 0 atom stereocenters. The number of ether oxygens (including phenoxy) is 1. The standard InChI is InChI=1S/C10H9ClO4S/c1-15-10(12)6-7-16(13,14)9-5-3-2-4-8(9)11/h2-7H,1H3/b7-6+. The van der Waals surface area contributed by atoms with Gasteiger partial charge in [0, 0.05) is 11.5 Å². The molecule has 0 aromatic heterocycles. The smallest absolute Gasteiger partial charge is 0.331 e. The van der Waals surface area contributed by atoms with E-state index in [2.05, 4.69) is 4.74 Å². The van der Waals surface area contributed by atoms with Crippen LogP contribution >= 0.6 is 11.6 Å². The molecule has 16 heavy (non-hydrogen) atoms. The van der Waals surface area contributed by atoms with E-state index in [-0.39, 0.29) is 9.92 Å². The molecular weight excluding hydrogens is 252 g/mol. The van der Waals surface area contributed by atoms with Gasteiger partial charge in [0.05, 0.1) is 17.0 Å². The third-order valence-electron chi connectivity index (χ3n) is 1.73. The molecule has 0 amide bonds. The molecule has 1 aromatic carbocycles. The maximum Gasteiger partial charge on any atom is 0.331 e. The zero-order valence-corrected chi connectivity index (χ0v) is 9.96. The molecule has 1 aromatic rings. The Hall–Kier alpha value is -1.33. The molecule has 0 saturated heterocycles. The lowest BCUT2D eigenvalue weighted by Crippen LogP contribution is -2.00. The summed E-state index contributed by atoms with van der Waals surface area (Å²) in [7, 11) is -2.55. The average molecular weight is 261 g/mol. The van der Waals surface area contributed by atoms with Gasteiger partial charge in [0.15, 0.2) is 0 Å². The predicted molar refractivity (Wildman–Crippen MR) is 59.8 cm³/mol. The Kier molecular flexibility index (Phi) is 4.09. The highest BCUT2D eigenvalue weighted by Crippen LogP contribution is 2.22. The number of rotatable bonds is 3. The van der Waals surface area contributed by atoms with E-state index < -0.39 is 15.8 Å². The molecule has 86 valence electrons. The van der Waals surface area contributed by atoms with Gasteiger partial charge in [0.2, 0.25) is 9.84 Å². The summed E-state index contributed by atoms with van der Waals surface area (Å²) < 4.78 is 27.7. The van der Waals surface area contributed by atoms with Gasteiger partial charge in [-0.2, -0.15) is 0 Å². The van der Waals surface area contributed by atoms with Crippen LogP contribution < -0.4 is 0 Å². The molecule has 0 saturated carbocycles. The van der Waals surface area contributed by atoms with Crippen LogP contribution in [0.1, 0.15) is 0 Å². The van der Waals surface area contributed by atoms with Crippen LogP contribution in [0, 0.1) is 0 Å². The highest BCUT2D eigenvalue weighted by molar-refractivity contribution is 7.94. The minimum absolute atomic E-state index is 0.0446. The molecular formula is C10H9ClO4S. The summed E-state index contributed by atoms with van der Waals surface area (Å²) >= 11 is 5.73. The lowest BCUT2D eigenvalue weighted by atomic mass is 10.4. The van der Waals surface area contributed by atoms with Crippen molar-refractivity contribution in [3.05, 3.63) is 40.8 Å². The maximum absolute atomic E-state index is 11.7. The highest BCUT2D eigenvalue weighted by Gasteiger charge is 2.14. The van der Waals surface area contributed by atoms with E-state index in [0.29, 0.717) is 0 Å². The molecule has 1 rings (SSSR count). The summed E-state index contributed by atoms with van der Waals surface area (Å²) in [5.41, 5.74) is 0. The summed E-state index contributed by atoms with van der Waals surface area (Å²) in [6, 6.07) is 5.98. The summed E-state index contributed by atoms with van der Waals surface area (Å²) in [6.07, 6.45) is 0.832. The van der Waals surface area contributed by atoms with E-state index in [1.165, 1.54) is 12.1 Å². The van der Waals surface area contributed by atoms with Crippen molar-refractivity contribution in [1.82, 2.24) is 0 Å². The van der Waals surface area contributed by atoms with Gasteiger partial charge in [0.1, 0.15) is 0 Å². The third-order valence-corrected chi connectivity index (χ3v) is 3.63. The molecule has 0 aliphatic rings. The summed E-state index contributed by atoms with van der Waals surface area (Å²) in [4.78, 5) is 10.7. The summed E-state index contributed by atoms with van der Waals surface area (Å²) in [5.74, 6) is -0.740. The number of hydrogen-bond donors (Lipinski definition) is 0. The molecule has 0 aliphatic carbocycles. The second-order valence-electron chi connectivity index (χ2n) is 2.80. The van der Waals surface area contributed by atoms with Crippen molar-refractivity contribution < 1.29 is 17.9 Å². The molecule has 0 spiro atoms. The topological polar surface area (TPSA) is 60.4 Å². The molecule has 0 N–H and O–H groups in total. The number of carbonyl (C=O) groups excluding carboxylic acids is 1. The minimum Gasteiger partial charge on any atom is -0.466 e. The quantitative estimate of drug-likeness (QED) is 0.614. The van der Waals surface area contributed by atoms with Gasteiger partial charge < -0.3 is 4.74 Å². The highest BCUT2D eigenvalue weighted by atomic mass is 35.5. The van der Waals surface area contributed by atoms with Crippen LogP contribution in [0.2, 0.25) is 5.02 Å². The number of benzene rings is 1. The predicted octanol–water partition coefficient (Wildman–Crippen LogP) is 1.80. The zero-order valence-electron chi connectivity index (χ0n) is 8.38. The first-order valence-electron chi connectivity index (χ1n) is 4.23. The number of sulfone groups is 1. The van der Waals surface area contributed by atoms with Gasteiger partial charge in [-0.05, 0) is 12.1 Å². The monoisotopic (exact) mass is 260 g/mol. The molecule has 0 radical (unpaired) electrons. The zero-order chi connectivity index (χ0) is 12.2. The first-order valence-corrected chi connectivity index (χ1v) is 6.15. The first-order chi connectivity index (χ1) is 7.47. The van der Waals surface area contributed by atoms with E-state index in [0.717, 1.165) is 18.6 Å². The second kappa shape index (κ2) is 5.14. The maximum atomic E-state index is 11.7. The Morgan fingerprint density at radius 1 is 1.38 bits per heavy atom. The summed E-state index contributed by atoms with van der Waals surface area (Å²) in [6.45, 7) is 0. The Morgan fingerprint density at radius 2 is 2.00 bits per heavy atom. The largest absolute Gasteiger partial charge is 0.466 e. The molecule has 4 nitrogen and oxygen atoms in total. The van der Waals surface area contributed by atoms with E-state index in [4.69, 9.17) is 11.6 Å². The summed E-state index contributed by atoms with van der Waals surface area (Å²) in [5, 5.41) is 0.872. The van der Waals surface area contributed by atoms with E-state index in [1.807, 2.05) is 0 Å². The van der Waals surface area contributed by atoms with Gasteiger partial charge in [-0.3, -0.25) is 0 Å². The number of halogens is 1. The number of methoxy groups -OCH3 is 1. The lowest BCUT2D eigenvalue weighted by Gasteiger charge is -2.00. The van der Waals surface area contributed by atoms with Crippen molar-refractivity contribution in [2.75, 3.05) is 7.11 Å². The number of hydrogen-bond acceptors (Lipinski definition) is 4. The van der Waals surface area contributed by atoms with Crippen molar-refractivity contribution in [1.29, 1.82) is 0 Å². The van der Waals surface area contributed by atoms with Crippen LogP contribution in [-0.4, -0.2) is 21.5 Å². The van der Waals surface area contributed by atoms with Crippen LogP contribution in [-0.2, 0) is 19.4 Å². The normalized spacial score (nSPS) is 11.6. The second-order valence-corrected chi connectivity index (χ2v) is 5.01. The molecule has 0 bridgehead atoms. The lowest BCUT2D eigenvalue weighted by molar-refractivity contribution is -0.134. The average Bonchev–Trinajstić information content (AvgIpc) is 2.26. The SMILES string of the molecule is COC(=O)/C=C/S(=O)(=O)c1ccccc1Cl. The van der Waals surface area contributed by atoms with Crippen LogP contribution in [0.3, 0.4) is 0 Å². The van der Waals surface area contributed by atoms with E-state index in [1.54, 1.807) is 12.1 Å². The molecule has 0 unspecified atom stereocenters.